The number of hydrogen-bond acceptors (Lipinski definition) is 2. The van der Waals surface area contributed by atoms with E-state index < -0.39 is 0 Å². The number of para-hydroxylation sites is 1. The van der Waals surface area contributed by atoms with Crippen molar-refractivity contribution in [3.8, 4) is 0 Å². The van der Waals surface area contributed by atoms with Crippen LogP contribution in [0.1, 0.15) is 64.7 Å². The lowest BCUT2D eigenvalue weighted by Gasteiger charge is -2.24. The molecule has 0 fully saturated rings. The van der Waals surface area contributed by atoms with Gasteiger partial charge in [-0.3, -0.25) is 0 Å². The Bertz CT molecular complexity index is 324. The molecule has 0 bridgehead atoms. The van der Waals surface area contributed by atoms with Crippen LogP contribution in [0.15, 0.2) is 30.3 Å². The molecule has 0 aromatic heterocycles. The zero-order valence-electron chi connectivity index (χ0n) is 13.9. The topological polar surface area (TPSA) is 29.3 Å². The summed E-state index contributed by atoms with van der Waals surface area (Å²) in [4.78, 5) is 2.49. The highest BCUT2D eigenvalue weighted by molar-refractivity contribution is 5.45. The Hall–Kier alpha value is -1.02. The quantitative estimate of drug-likeness (QED) is 0.519. The molecule has 2 N–H and O–H groups in total. The molecule has 1 aromatic carbocycles. The van der Waals surface area contributed by atoms with E-state index in [1.165, 1.54) is 63.6 Å². The van der Waals surface area contributed by atoms with Gasteiger partial charge in [-0.1, -0.05) is 70.1 Å². The van der Waals surface area contributed by atoms with Gasteiger partial charge >= 0.3 is 0 Å². The SMILES string of the molecule is CCCCCCCCCCN(CCCN)c1ccccc1. The van der Waals surface area contributed by atoms with Gasteiger partial charge in [-0.05, 0) is 31.5 Å². The Morgan fingerprint density at radius 1 is 0.762 bits per heavy atom. The molecule has 21 heavy (non-hydrogen) atoms. The van der Waals surface area contributed by atoms with Crippen molar-refractivity contribution in [2.45, 2.75) is 64.7 Å². The van der Waals surface area contributed by atoms with Crippen molar-refractivity contribution in [1.82, 2.24) is 0 Å². The van der Waals surface area contributed by atoms with Gasteiger partial charge in [0.05, 0.1) is 0 Å². The fourth-order valence-electron chi connectivity index (χ4n) is 2.73. The van der Waals surface area contributed by atoms with Gasteiger partial charge in [-0.25, -0.2) is 0 Å². The van der Waals surface area contributed by atoms with Crippen molar-refractivity contribution in [2.24, 2.45) is 5.73 Å². The number of unbranched alkanes of at least 4 members (excludes halogenated alkanes) is 7. The van der Waals surface area contributed by atoms with Crippen LogP contribution in [0.3, 0.4) is 0 Å². The van der Waals surface area contributed by atoms with Crippen LogP contribution in [0.4, 0.5) is 5.69 Å². The van der Waals surface area contributed by atoms with Gasteiger partial charge < -0.3 is 10.6 Å². The van der Waals surface area contributed by atoms with Crippen molar-refractivity contribution >= 4 is 5.69 Å². The minimum absolute atomic E-state index is 0.779. The van der Waals surface area contributed by atoms with E-state index in [1.807, 2.05) is 0 Å². The fraction of sp³-hybridized carbons (Fsp3) is 0.684. The second-order valence-corrected chi connectivity index (χ2v) is 5.94. The van der Waals surface area contributed by atoms with Gasteiger partial charge in [-0.15, -0.1) is 0 Å². The monoisotopic (exact) mass is 290 g/mol. The van der Waals surface area contributed by atoms with E-state index in [0.717, 1.165) is 19.5 Å². The van der Waals surface area contributed by atoms with Gasteiger partial charge in [0.15, 0.2) is 0 Å². The van der Waals surface area contributed by atoms with Gasteiger partial charge in [0, 0.05) is 18.8 Å². The fourth-order valence-corrected chi connectivity index (χ4v) is 2.73. The van der Waals surface area contributed by atoms with Crippen molar-refractivity contribution in [3.05, 3.63) is 30.3 Å². The Balaban J connectivity index is 2.18. The Morgan fingerprint density at radius 3 is 1.95 bits per heavy atom. The van der Waals surface area contributed by atoms with Gasteiger partial charge in [0.1, 0.15) is 0 Å². The van der Waals surface area contributed by atoms with Gasteiger partial charge in [-0.2, -0.15) is 0 Å². The molecule has 1 aromatic rings. The molecule has 120 valence electrons. The molecule has 2 nitrogen and oxygen atoms in total. The van der Waals surface area contributed by atoms with Crippen molar-refractivity contribution < 1.29 is 0 Å². The predicted molar refractivity (Wildman–Crippen MR) is 94.9 cm³/mol. The molecule has 1 rings (SSSR count). The highest BCUT2D eigenvalue weighted by Gasteiger charge is 2.04. The standard InChI is InChI=1S/C19H34N2/c1-2-3-4-5-6-7-8-12-17-21(18-13-16-20)19-14-10-9-11-15-19/h9-11,14-15H,2-8,12-13,16-18,20H2,1H3. The Kier molecular flexibility index (Phi) is 10.9. The number of rotatable bonds is 13. The molecule has 0 amide bonds. The summed E-state index contributed by atoms with van der Waals surface area (Å²) in [5, 5.41) is 0. The molecular weight excluding hydrogens is 256 g/mol. The summed E-state index contributed by atoms with van der Waals surface area (Å²) < 4.78 is 0. The summed E-state index contributed by atoms with van der Waals surface area (Å²) in [7, 11) is 0. The molecule has 0 unspecified atom stereocenters. The number of benzene rings is 1. The van der Waals surface area contributed by atoms with Crippen molar-refractivity contribution in [3.63, 3.8) is 0 Å². The molecule has 0 aliphatic rings. The van der Waals surface area contributed by atoms with E-state index in [9.17, 15) is 0 Å². The minimum atomic E-state index is 0.779. The van der Waals surface area contributed by atoms with E-state index in [2.05, 4.69) is 42.2 Å². The molecule has 0 aliphatic heterocycles. The lowest BCUT2D eigenvalue weighted by Crippen LogP contribution is -2.27. The van der Waals surface area contributed by atoms with E-state index in [1.54, 1.807) is 0 Å². The molecule has 0 spiro atoms. The first kappa shape index (κ1) is 18.0. The maximum absolute atomic E-state index is 5.66. The zero-order valence-corrected chi connectivity index (χ0v) is 13.9. The van der Waals surface area contributed by atoms with Crippen LogP contribution in [0, 0.1) is 0 Å². The van der Waals surface area contributed by atoms with Crippen LogP contribution in [-0.2, 0) is 0 Å². The average molecular weight is 290 g/mol. The number of anilines is 1. The maximum atomic E-state index is 5.66. The highest BCUT2D eigenvalue weighted by Crippen LogP contribution is 2.15. The Morgan fingerprint density at radius 2 is 1.33 bits per heavy atom. The smallest absolute Gasteiger partial charge is 0.0366 e. The van der Waals surface area contributed by atoms with Crippen molar-refractivity contribution in [1.29, 1.82) is 0 Å². The summed E-state index contributed by atoms with van der Waals surface area (Å²) in [6, 6.07) is 10.8. The summed E-state index contributed by atoms with van der Waals surface area (Å²) in [6.45, 7) is 5.30. The third kappa shape index (κ3) is 8.77. The molecule has 0 heterocycles. The van der Waals surface area contributed by atoms with Gasteiger partial charge in [0.2, 0.25) is 0 Å². The molecule has 0 saturated carbocycles. The molecule has 0 saturated heterocycles. The first-order valence-electron chi connectivity index (χ1n) is 8.88. The summed E-state index contributed by atoms with van der Waals surface area (Å²) in [6.07, 6.45) is 12.1. The summed E-state index contributed by atoms with van der Waals surface area (Å²) in [5.74, 6) is 0. The van der Waals surface area contributed by atoms with Crippen LogP contribution in [0.25, 0.3) is 0 Å². The van der Waals surface area contributed by atoms with E-state index >= 15 is 0 Å². The van der Waals surface area contributed by atoms with Crippen LogP contribution in [-0.4, -0.2) is 19.6 Å². The van der Waals surface area contributed by atoms with E-state index in [4.69, 9.17) is 5.73 Å². The summed E-state index contributed by atoms with van der Waals surface area (Å²) in [5.41, 5.74) is 7.00. The first-order valence-corrected chi connectivity index (χ1v) is 8.88. The van der Waals surface area contributed by atoms with E-state index in [0.29, 0.717) is 0 Å². The highest BCUT2D eigenvalue weighted by atomic mass is 15.1. The molecule has 2 heteroatoms. The zero-order chi connectivity index (χ0) is 15.2. The molecule has 0 radical (unpaired) electrons. The van der Waals surface area contributed by atoms with Crippen molar-refractivity contribution in [2.75, 3.05) is 24.5 Å². The minimum Gasteiger partial charge on any atom is -0.371 e. The molecular formula is C19H34N2. The van der Waals surface area contributed by atoms with Crippen LogP contribution < -0.4 is 10.6 Å². The van der Waals surface area contributed by atoms with Crippen LogP contribution in [0.5, 0.6) is 0 Å². The second kappa shape index (κ2) is 12.7. The number of nitrogens with zero attached hydrogens (tertiary/aromatic N) is 1. The largest absolute Gasteiger partial charge is 0.371 e. The molecule has 0 atom stereocenters. The lowest BCUT2D eigenvalue weighted by atomic mass is 10.1. The Labute approximate surface area is 131 Å². The normalized spacial score (nSPS) is 10.8. The number of hydrogen-bond donors (Lipinski definition) is 1. The lowest BCUT2D eigenvalue weighted by molar-refractivity contribution is 0.569. The maximum Gasteiger partial charge on any atom is 0.0366 e. The average Bonchev–Trinajstić information content (AvgIpc) is 2.53. The third-order valence-corrected chi connectivity index (χ3v) is 4.04. The van der Waals surface area contributed by atoms with E-state index in [-0.39, 0.29) is 0 Å². The summed E-state index contributed by atoms with van der Waals surface area (Å²) >= 11 is 0. The first-order chi connectivity index (χ1) is 10.4. The molecule has 0 aliphatic carbocycles. The predicted octanol–water partition coefficient (Wildman–Crippen LogP) is 4.98. The number of nitrogens with two attached hydrogens (primary N) is 1. The third-order valence-electron chi connectivity index (χ3n) is 4.04. The van der Waals surface area contributed by atoms with Crippen LogP contribution >= 0.6 is 0 Å². The van der Waals surface area contributed by atoms with Crippen LogP contribution in [0.2, 0.25) is 0 Å². The van der Waals surface area contributed by atoms with Gasteiger partial charge in [0.25, 0.3) is 0 Å². The second-order valence-electron chi connectivity index (χ2n) is 5.94.